The minimum absolute atomic E-state index is 0.0185. The molecule has 1 saturated heterocycles. The average Bonchev–Trinajstić information content (AvgIpc) is 3.25. The molecular formula is C14H15N7O2. The molecule has 0 bridgehead atoms. The number of benzene rings is 1. The zero-order valence-corrected chi connectivity index (χ0v) is 12.3. The van der Waals surface area contributed by atoms with E-state index in [0.717, 1.165) is 11.0 Å². The summed E-state index contributed by atoms with van der Waals surface area (Å²) in [5, 5.41) is 13.8. The summed E-state index contributed by atoms with van der Waals surface area (Å²) in [5.41, 5.74) is 1.83. The number of hydrogen-bond donors (Lipinski definition) is 1. The number of H-pyrrole nitrogens is 1. The van der Waals surface area contributed by atoms with E-state index in [1.807, 2.05) is 28.8 Å². The van der Waals surface area contributed by atoms with Crippen molar-refractivity contribution in [1.29, 1.82) is 0 Å². The first-order chi connectivity index (χ1) is 11.3. The molecule has 1 aliphatic rings. The van der Waals surface area contributed by atoms with Crippen LogP contribution < -0.4 is 0 Å². The molecular weight excluding hydrogens is 298 g/mol. The summed E-state index contributed by atoms with van der Waals surface area (Å²) in [6.45, 7) is 1.68. The van der Waals surface area contributed by atoms with Gasteiger partial charge in [-0.05, 0) is 12.1 Å². The first-order valence-electron chi connectivity index (χ1n) is 7.34. The van der Waals surface area contributed by atoms with Gasteiger partial charge in [-0.2, -0.15) is 5.21 Å². The molecule has 0 radical (unpaired) electrons. The van der Waals surface area contributed by atoms with Crippen LogP contribution in [0.5, 0.6) is 0 Å². The van der Waals surface area contributed by atoms with E-state index < -0.39 is 0 Å². The van der Waals surface area contributed by atoms with E-state index in [4.69, 9.17) is 4.74 Å². The van der Waals surface area contributed by atoms with Crippen molar-refractivity contribution in [1.82, 2.24) is 35.1 Å². The van der Waals surface area contributed by atoms with Gasteiger partial charge in [-0.3, -0.25) is 4.79 Å². The Labute approximate surface area is 131 Å². The lowest BCUT2D eigenvalue weighted by Crippen LogP contribution is -2.43. The number of aromatic amines is 1. The van der Waals surface area contributed by atoms with Crippen LogP contribution in [0.4, 0.5) is 0 Å². The van der Waals surface area contributed by atoms with Crippen molar-refractivity contribution < 1.29 is 9.53 Å². The van der Waals surface area contributed by atoms with Gasteiger partial charge in [-0.1, -0.05) is 17.3 Å². The largest absolute Gasteiger partial charge is 0.366 e. The van der Waals surface area contributed by atoms with E-state index in [9.17, 15) is 4.79 Å². The van der Waals surface area contributed by atoms with Gasteiger partial charge in [0.25, 0.3) is 0 Å². The van der Waals surface area contributed by atoms with Gasteiger partial charge in [0.1, 0.15) is 12.6 Å². The second kappa shape index (κ2) is 5.76. The number of nitrogens with zero attached hydrogens (tertiary/aromatic N) is 6. The molecule has 1 fully saturated rings. The van der Waals surface area contributed by atoms with Crippen molar-refractivity contribution in [2.24, 2.45) is 0 Å². The SMILES string of the molecule is O=C(Cn1cnc2ccccc21)N1CCOC(c2nn[nH]n2)C1. The summed E-state index contributed by atoms with van der Waals surface area (Å²) in [5.74, 6) is 0.487. The van der Waals surface area contributed by atoms with Crippen LogP contribution in [0.1, 0.15) is 11.9 Å². The van der Waals surface area contributed by atoms with E-state index in [0.29, 0.717) is 25.5 Å². The molecule has 118 valence electrons. The van der Waals surface area contributed by atoms with Crippen molar-refractivity contribution >= 4 is 16.9 Å². The van der Waals surface area contributed by atoms with E-state index in [2.05, 4.69) is 25.6 Å². The second-order valence-corrected chi connectivity index (χ2v) is 5.33. The van der Waals surface area contributed by atoms with Crippen LogP contribution in [0.2, 0.25) is 0 Å². The molecule has 4 rings (SSSR count). The summed E-state index contributed by atoms with van der Waals surface area (Å²) < 4.78 is 7.47. The first kappa shape index (κ1) is 13.8. The molecule has 3 aromatic rings. The van der Waals surface area contributed by atoms with Crippen molar-refractivity contribution in [3.63, 3.8) is 0 Å². The minimum Gasteiger partial charge on any atom is -0.366 e. The van der Waals surface area contributed by atoms with Crippen LogP contribution in [0.3, 0.4) is 0 Å². The highest BCUT2D eigenvalue weighted by Gasteiger charge is 2.28. The predicted molar refractivity (Wildman–Crippen MR) is 79.2 cm³/mol. The molecule has 9 heteroatoms. The van der Waals surface area contributed by atoms with Crippen molar-refractivity contribution in [3.05, 3.63) is 36.4 Å². The van der Waals surface area contributed by atoms with Gasteiger partial charge in [0.2, 0.25) is 11.7 Å². The number of amides is 1. The number of rotatable bonds is 3. The molecule has 2 aromatic heterocycles. The van der Waals surface area contributed by atoms with Crippen molar-refractivity contribution in [2.75, 3.05) is 19.7 Å². The van der Waals surface area contributed by atoms with Crippen LogP contribution in [-0.2, 0) is 16.1 Å². The molecule has 1 atom stereocenters. The Hall–Kier alpha value is -2.81. The quantitative estimate of drug-likeness (QED) is 0.738. The zero-order valence-electron chi connectivity index (χ0n) is 12.3. The Kier molecular flexibility index (Phi) is 3.46. The van der Waals surface area contributed by atoms with Gasteiger partial charge in [-0.25, -0.2) is 4.98 Å². The van der Waals surface area contributed by atoms with Crippen LogP contribution >= 0.6 is 0 Å². The molecule has 0 spiro atoms. The number of ether oxygens (including phenoxy) is 1. The standard InChI is InChI=1S/C14H15N7O2/c22-13(8-21-9-15-10-3-1-2-4-11(10)21)20-5-6-23-12(7-20)14-16-18-19-17-14/h1-4,9,12H,5-8H2,(H,16,17,18,19). The number of fused-ring (bicyclic) bond motifs is 1. The number of carbonyl (C=O) groups excluding carboxylic acids is 1. The molecule has 9 nitrogen and oxygen atoms in total. The molecule has 1 amide bonds. The molecule has 0 aliphatic carbocycles. The number of nitrogens with one attached hydrogen (secondary N) is 1. The Morgan fingerprint density at radius 1 is 1.39 bits per heavy atom. The van der Waals surface area contributed by atoms with Crippen LogP contribution in [-0.4, -0.2) is 60.7 Å². The van der Waals surface area contributed by atoms with Crippen molar-refractivity contribution in [3.8, 4) is 0 Å². The number of tetrazole rings is 1. The lowest BCUT2D eigenvalue weighted by molar-refractivity contribution is -0.139. The Bertz CT molecular complexity index is 814. The second-order valence-electron chi connectivity index (χ2n) is 5.33. The van der Waals surface area contributed by atoms with E-state index in [1.54, 1.807) is 11.2 Å². The minimum atomic E-state index is -0.342. The monoisotopic (exact) mass is 313 g/mol. The third-order valence-corrected chi connectivity index (χ3v) is 3.90. The molecule has 1 unspecified atom stereocenters. The molecule has 1 aromatic carbocycles. The number of aromatic nitrogens is 6. The summed E-state index contributed by atoms with van der Waals surface area (Å²) in [7, 11) is 0. The average molecular weight is 313 g/mol. The van der Waals surface area contributed by atoms with Gasteiger partial charge in [-0.15, -0.1) is 10.2 Å². The van der Waals surface area contributed by atoms with Gasteiger partial charge < -0.3 is 14.2 Å². The van der Waals surface area contributed by atoms with Gasteiger partial charge in [0.15, 0.2) is 0 Å². The number of hydrogen-bond acceptors (Lipinski definition) is 6. The van der Waals surface area contributed by atoms with E-state index >= 15 is 0 Å². The third kappa shape index (κ3) is 2.66. The number of carbonyl (C=O) groups is 1. The predicted octanol–water partition coefficient (Wildman–Crippen LogP) is 0.149. The zero-order chi connectivity index (χ0) is 15.6. The smallest absolute Gasteiger partial charge is 0.242 e. The fraction of sp³-hybridized carbons (Fsp3) is 0.357. The van der Waals surface area contributed by atoms with Gasteiger partial charge in [0, 0.05) is 6.54 Å². The molecule has 0 saturated carbocycles. The van der Waals surface area contributed by atoms with E-state index in [-0.39, 0.29) is 18.6 Å². The molecule has 1 N–H and O–H groups in total. The highest BCUT2D eigenvalue weighted by molar-refractivity contribution is 5.80. The topological polar surface area (TPSA) is 102 Å². The highest BCUT2D eigenvalue weighted by atomic mass is 16.5. The third-order valence-electron chi connectivity index (χ3n) is 3.90. The number of morpholine rings is 1. The summed E-state index contributed by atoms with van der Waals surface area (Å²) in [6, 6.07) is 7.75. The summed E-state index contributed by atoms with van der Waals surface area (Å²) >= 11 is 0. The summed E-state index contributed by atoms with van der Waals surface area (Å²) in [6.07, 6.45) is 1.35. The number of para-hydroxylation sites is 2. The Balaban J connectivity index is 1.48. The summed E-state index contributed by atoms with van der Waals surface area (Å²) in [4.78, 5) is 18.7. The molecule has 1 aliphatic heterocycles. The maximum atomic E-state index is 12.6. The lowest BCUT2D eigenvalue weighted by Gasteiger charge is -2.31. The molecule has 3 heterocycles. The van der Waals surface area contributed by atoms with E-state index in [1.165, 1.54) is 0 Å². The fourth-order valence-corrected chi connectivity index (χ4v) is 2.72. The Morgan fingerprint density at radius 3 is 3.17 bits per heavy atom. The maximum absolute atomic E-state index is 12.6. The first-order valence-corrected chi connectivity index (χ1v) is 7.34. The van der Waals surface area contributed by atoms with Crippen LogP contribution in [0, 0.1) is 0 Å². The van der Waals surface area contributed by atoms with Gasteiger partial charge in [0.05, 0.1) is 30.5 Å². The van der Waals surface area contributed by atoms with Crippen LogP contribution in [0.25, 0.3) is 11.0 Å². The number of imidazole rings is 1. The van der Waals surface area contributed by atoms with Crippen molar-refractivity contribution in [2.45, 2.75) is 12.6 Å². The normalized spacial score (nSPS) is 18.4. The highest BCUT2D eigenvalue weighted by Crippen LogP contribution is 2.19. The molecule has 23 heavy (non-hydrogen) atoms. The fourth-order valence-electron chi connectivity index (χ4n) is 2.72. The van der Waals surface area contributed by atoms with Gasteiger partial charge >= 0.3 is 0 Å². The Morgan fingerprint density at radius 2 is 2.30 bits per heavy atom. The van der Waals surface area contributed by atoms with Crippen LogP contribution in [0.15, 0.2) is 30.6 Å². The maximum Gasteiger partial charge on any atom is 0.242 e. The lowest BCUT2D eigenvalue weighted by atomic mass is 10.2.